The van der Waals surface area contributed by atoms with Crippen LogP contribution in [0.15, 0.2) is 47.4 Å². The molecule has 2 heterocycles. The molecule has 0 amide bonds. The molecule has 0 saturated heterocycles. The van der Waals surface area contributed by atoms with Crippen molar-refractivity contribution in [1.82, 2.24) is 14.8 Å². The first-order chi connectivity index (χ1) is 12.1. The Hall–Kier alpha value is -2.37. The van der Waals surface area contributed by atoms with Gasteiger partial charge in [0.1, 0.15) is 24.4 Å². The van der Waals surface area contributed by atoms with E-state index in [1.54, 1.807) is 22.8 Å². The lowest BCUT2D eigenvalue weighted by atomic mass is 10.0. The van der Waals surface area contributed by atoms with Gasteiger partial charge in [0.25, 0.3) is 5.56 Å². The standard InChI is InChI=1S/C18H13Cl2N3O2/c19-14-2-1-3-15(20)13(14)10-25-12-5-6-16-11(8-12)4-7-17-22-21-9-18(24)23(16)17/h1-3,5-6,8-9H,4,7,10H2. The lowest BCUT2D eigenvalue weighted by Crippen LogP contribution is -2.28. The molecule has 0 bridgehead atoms. The second-order valence-corrected chi connectivity index (χ2v) is 6.53. The molecule has 3 aromatic rings. The van der Waals surface area contributed by atoms with Gasteiger partial charge in [-0.2, -0.15) is 5.10 Å². The second kappa shape index (κ2) is 6.50. The van der Waals surface area contributed by atoms with Gasteiger partial charge in [-0.25, -0.2) is 0 Å². The molecule has 25 heavy (non-hydrogen) atoms. The van der Waals surface area contributed by atoms with Crippen LogP contribution >= 0.6 is 23.2 Å². The zero-order valence-corrected chi connectivity index (χ0v) is 14.6. The molecule has 0 saturated carbocycles. The number of halogens is 2. The van der Waals surface area contributed by atoms with E-state index in [4.69, 9.17) is 27.9 Å². The molecule has 0 radical (unpaired) electrons. The highest BCUT2D eigenvalue weighted by Gasteiger charge is 2.19. The highest BCUT2D eigenvalue weighted by molar-refractivity contribution is 6.35. The molecule has 0 spiro atoms. The Morgan fingerprint density at radius 1 is 1.12 bits per heavy atom. The van der Waals surface area contributed by atoms with E-state index in [0.717, 1.165) is 23.2 Å². The largest absolute Gasteiger partial charge is 0.489 e. The monoisotopic (exact) mass is 373 g/mol. The van der Waals surface area contributed by atoms with Crippen molar-refractivity contribution in [3.63, 3.8) is 0 Å². The van der Waals surface area contributed by atoms with E-state index in [-0.39, 0.29) is 12.2 Å². The fourth-order valence-corrected chi connectivity index (χ4v) is 3.44. The minimum Gasteiger partial charge on any atom is -0.489 e. The normalized spacial score (nSPS) is 12.4. The lowest BCUT2D eigenvalue weighted by Gasteiger charge is -2.20. The molecule has 1 aliphatic heterocycles. The van der Waals surface area contributed by atoms with Crippen molar-refractivity contribution in [2.45, 2.75) is 19.4 Å². The van der Waals surface area contributed by atoms with E-state index < -0.39 is 0 Å². The fraction of sp³-hybridized carbons (Fsp3) is 0.167. The Labute approximate surface area is 153 Å². The molecule has 1 aliphatic rings. The van der Waals surface area contributed by atoms with Crippen LogP contribution in [0.4, 0.5) is 0 Å². The number of rotatable bonds is 3. The molecule has 7 heteroatoms. The molecule has 0 fully saturated rings. The van der Waals surface area contributed by atoms with Crippen LogP contribution in [0.25, 0.3) is 5.69 Å². The molecule has 2 aromatic carbocycles. The highest BCUT2D eigenvalue weighted by Crippen LogP contribution is 2.29. The number of aromatic nitrogens is 3. The summed E-state index contributed by atoms with van der Waals surface area (Å²) >= 11 is 12.3. The molecular formula is C18H13Cl2N3O2. The number of nitrogens with zero attached hydrogens (tertiary/aromatic N) is 3. The van der Waals surface area contributed by atoms with E-state index in [2.05, 4.69) is 10.2 Å². The summed E-state index contributed by atoms with van der Waals surface area (Å²) in [6, 6.07) is 11.0. The first-order valence-electron chi connectivity index (χ1n) is 7.76. The molecule has 5 nitrogen and oxygen atoms in total. The summed E-state index contributed by atoms with van der Waals surface area (Å²) in [5.74, 6) is 1.38. The van der Waals surface area contributed by atoms with Crippen LogP contribution in [-0.4, -0.2) is 14.8 Å². The molecule has 0 N–H and O–H groups in total. The van der Waals surface area contributed by atoms with Crippen molar-refractivity contribution in [2.75, 3.05) is 0 Å². The Balaban J connectivity index is 1.63. The summed E-state index contributed by atoms with van der Waals surface area (Å²) in [5, 5.41) is 8.93. The lowest BCUT2D eigenvalue weighted by molar-refractivity contribution is 0.306. The second-order valence-electron chi connectivity index (χ2n) is 5.71. The molecule has 0 unspecified atom stereocenters. The van der Waals surface area contributed by atoms with Crippen LogP contribution in [0.5, 0.6) is 5.75 Å². The van der Waals surface area contributed by atoms with Crippen molar-refractivity contribution >= 4 is 23.2 Å². The van der Waals surface area contributed by atoms with Crippen molar-refractivity contribution < 1.29 is 4.74 Å². The summed E-state index contributed by atoms with van der Waals surface area (Å²) < 4.78 is 7.45. The third-order valence-corrected chi connectivity index (χ3v) is 4.88. The van der Waals surface area contributed by atoms with E-state index in [0.29, 0.717) is 28.0 Å². The summed E-state index contributed by atoms with van der Waals surface area (Å²) in [4.78, 5) is 12.1. The molecular weight excluding hydrogens is 361 g/mol. The third kappa shape index (κ3) is 3.01. The van der Waals surface area contributed by atoms with E-state index >= 15 is 0 Å². The Kier molecular flexibility index (Phi) is 4.19. The summed E-state index contributed by atoms with van der Waals surface area (Å²) in [6.45, 7) is 0.277. The van der Waals surface area contributed by atoms with Crippen molar-refractivity contribution in [1.29, 1.82) is 0 Å². The van der Waals surface area contributed by atoms with Gasteiger partial charge in [-0.15, -0.1) is 5.10 Å². The van der Waals surface area contributed by atoms with E-state index in [9.17, 15) is 4.79 Å². The summed E-state index contributed by atoms with van der Waals surface area (Å²) in [5.41, 5.74) is 2.43. The van der Waals surface area contributed by atoms with Gasteiger partial charge in [0.05, 0.1) is 5.69 Å². The number of aryl methyl sites for hydroxylation is 2. The topological polar surface area (TPSA) is 57.0 Å². The van der Waals surface area contributed by atoms with Crippen LogP contribution in [0.2, 0.25) is 10.0 Å². The predicted molar refractivity (Wildman–Crippen MR) is 95.8 cm³/mol. The van der Waals surface area contributed by atoms with Gasteiger partial charge in [0.15, 0.2) is 0 Å². The Morgan fingerprint density at radius 3 is 2.72 bits per heavy atom. The van der Waals surface area contributed by atoms with Crippen molar-refractivity contribution in [3.05, 3.63) is 79.9 Å². The SMILES string of the molecule is O=c1cnnc2n1-c1ccc(OCc3c(Cl)cccc3Cl)cc1CC2. The maximum Gasteiger partial charge on any atom is 0.276 e. The molecule has 126 valence electrons. The van der Waals surface area contributed by atoms with Crippen LogP contribution in [0.1, 0.15) is 17.0 Å². The Bertz CT molecular complexity index is 997. The van der Waals surface area contributed by atoms with Gasteiger partial charge in [-0.3, -0.25) is 9.36 Å². The molecule has 1 aromatic heterocycles. The maximum absolute atomic E-state index is 12.1. The first-order valence-corrected chi connectivity index (χ1v) is 8.51. The Morgan fingerprint density at radius 2 is 1.92 bits per heavy atom. The fourth-order valence-electron chi connectivity index (χ4n) is 2.94. The zero-order chi connectivity index (χ0) is 17.4. The molecule has 0 atom stereocenters. The average Bonchev–Trinajstić information content (AvgIpc) is 2.61. The van der Waals surface area contributed by atoms with Gasteiger partial charge in [0, 0.05) is 22.0 Å². The quantitative estimate of drug-likeness (QED) is 0.703. The summed E-state index contributed by atoms with van der Waals surface area (Å²) in [7, 11) is 0. The average molecular weight is 374 g/mol. The number of benzene rings is 2. The minimum atomic E-state index is -0.178. The number of hydrogen-bond acceptors (Lipinski definition) is 4. The van der Waals surface area contributed by atoms with Crippen LogP contribution in [-0.2, 0) is 19.4 Å². The maximum atomic E-state index is 12.1. The van der Waals surface area contributed by atoms with Gasteiger partial charge >= 0.3 is 0 Å². The van der Waals surface area contributed by atoms with Crippen molar-refractivity contribution in [3.8, 4) is 11.4 Å². The third-order valence-electron chi connectivity index (χ3n) is 4.17. The first kappa shape index (κ1) is 16.1. The number of hydrogen-bond donors (Lipinski definition) is 0. The van der Waals surface area contributed by atoms with Crippen molar-refractivity contribution in [2.24, 2.45) is 0 Å². The molecule has 4 rings (SSSR count). The van der Waals surface area contributed by atoms with E-state index in [1.165, 1.54) is 6.20 Å². The zero-order valence-electron chi connectivity index (χ0n) is 13.1. The van der Waals surface area contributed by atoms with E-state index in [1.807, 2.05) is 18.2 Å². The summed E-state index contributed by atoms with van der Waals surface area (Å²) in [6.07, 6.45) is 2.66. The molecule has 0 aliphatic carbocycles. The number of ether oxygens (including phenoxy) is 1. The van der Waals surface area contributed by atoms with Gasteiger partial charge in [-0.05, 0) is 42.3 Å². The smallest absolute Gasteiger partial charge is 0.276 e. The van der Waals surface area contributed by atoms with Gasteiger partial charge in [0.2, 0.25) is 0 Å². The number of fused-ring (bicyclic) bond motifs is 3. The van der Waals surface area contributed by atoms with Crippen LogP contribution < -0.4 is 10.3 Å². The van der Waals surface area contributed by atoms with Crippen LogP contribution in [0, 0.1) is 0 Å². The van der Waals surface area contributed by atoms with Gasteiger partial charge < -0.3 is 4.74 Å². The highest BCUT2D eigenvalue weighted by atomic mass is 35.5. The predicted octanol–water partition coefficient (Wildman–Crippen LogP) is 3.61. The van der Waals surface area contributed by atoms with Crippen LogP contribution in [0.3, 0.4) is 0 Å². The van der Waals surface area contributed by atoms with Gasteiger partial charge in [-0.1, -0.05) is 29.3 Å². The minimum absolute atomic E-state index is 0.178.